The number of hydrogen-bond acceptors (Lipinski definition) is 5. The smallest absolute Gasteiger partial charge is 0.320 e. The van der Waals surface area contributed by atoms with E-state index in [-0.39, 0.29) is 12.1 Å². The summed E-state index contributed by atoms with van der Waals surface area (Å²) in [4.78, 5) is 8.46. The Morgan fingerprint density at radius 3 is 2.88 bits per heavy atom. The second-order valence-electron chi connectivity index (χ2n) is 4.31. The monoisotopic (exact) mass is 237 g/mol. The molecule has 0 aromatic carbocycles. The van der Waals surface area contributed by atoms with Crippen LogP contribution in [0.1, 0.15) is 31.9 Å². The maximum absolute atomic E-state index is 5.95. The highest BCUT2D eigenvalue weighted by atomic mass is 16.5. The number of ether oxygens (including phenoxy) is 2. The second-order valence-corrected chi connectivity index (χ2v) is 4.31. The van der Waals surface area contributed by atoms with E-state index in [1.807, 2.05) is 13.8 Å². The van der Waals surface area contributed by atoms with Crippen molar-refractivity contribution >= 4 is 0 Å². The van der Waals surface area contributed by atoms with Gasteiger partial charge < -0.3 is 15.2 Å². The van der Waals surface area contributed by atoms with Gasteiger partial charge in [0.05, 0.1) is 6.61 Å². The van der Waals surface area contributed by atoms with Crippen LogP contribution >= 0.6 is 0 Å². The van der Waals surface area contributed by atoms with Gasteiger partial charge in [0.25, 0.3) is 0 Å². The maximum Gasteiger partial charge on any atom is 0.320 e. The fourth-order valence-corrected chi connectivity index (χ4v) is 2.02. The second kappa shape index (κ2) is 5.31. The summed E-state index contributed by atoms with van der Waals surface area (Å²) < 4.78 is 11.1. The van der Waals surface area contributed by atoms with Crippen molar-refractivity contribution in [2.24, 2.45) is 5.73 Å². The summed E-state index contributed by atoms with van der Waals surface area (Å²) in [5, 5.41) is 0. The van der Waals surface area contributed by atoms with Gasteiger partial charge in [-0.1, -0.05) is 0 Å². The Balaban J connectivity index is 2.09. The average molecular weight is 237 g/mol. The molecule has 94 valence electrons. The van der Waals surface area contributed by atoms with Crippen LogP contribution < -0.4 is 15.2 Å². The van der Waals surface area contributed by atoms with Crippen molar-refractivity contribution in [2.45, 2.75) is 45.3 Å². The minimum atomic E-state index is 0.0336. The molecule has 0 bridgehead atoms. The van der Waals surface area contributed by atoms with E-state index in [2.05, 4.69) is 9.97 Å². The summed E-state index contributed by atoms with van der Waals surface area (Å²) >= 11 is 0. The molecule has 1 heterocycles. The number of nitrogens with zero attached hydrogens (tertiary/aromatic N) is 2. The van der Waals surface area contributed by atoms with Gasteiger partial charge in [0.15, 0.2) is 0 Å². The third kappa shape index (κ3) is 3.06. The van der Waals surface area contributed by atoms with Crippen molar-refractivity contribution in [3.8, 4) is 11.9 Å². The molecule has 1 saturated carbocycles. The van der Waals surface area contributed by atoms with Crippen LogP contribution in [0.25, 0.3) is 0 Å². The van der Waals surface area contributed by atoms with Crippen LogP contribution in [0, 0.1) is 6.92 Å². The Hall–Kier alpha value is -1.36. The Morgan fingerprint density at radius 1 is 1.41 bits per heavy atom. The number of rotatable bonds is 4. The van der Waals surface area contributed by atoms with E-state index in [4.69, 9.17) is 15.2 Å². The van der Waals surface area contributed by atoms with Crippen LogP contribution in [0.2, 0.25) is 0 Å². The van der Waals surface area contributed by atoms with Crippen LogP contribution in [-0.2, 0) is 0 Å². The first kappa shape index (κ1) is 12.1. The molecule has 1 aliphatic carbocycles. The van der Waals surface area contributed by atoms with Gasteiger partial charge in [-0.25, -0.2) is 4.98 Å². The molecule has 0 aliphatic heterocycles. The van der Waals surface area contributed by atoms with Gasteiger partial charge in [-0.3, -0.25) is 0 Å². The predicted octanol–water partition coefficient (Wildman–Crippen LogP) is 1.44. The Labute approximate surface area is 101 Å². The minimum Gasteiger partial charge on any atom is -0.478 e. The molecule has 5 nitrogen and oxygen atoms in total. The number of aromatic nitrogens is 2. The summed E-state index contributed by atoms with van der Waals surface area (Å²) in [7, 11) is 0. The van der Waals surface area contributed by atoms with E-state index in [0.717, 1.165) is 25.0 Å². The molecule has 17 heavy (non-hydrogen) atoms. The van der Waals surface area contributed by atoms with Gasteiger partial charge in [0, 0.05) is 17.8 Å². The first-order valence-corrected chi connectivity index (χ1v) is 6.09. The largest absolute Gasteiger partial charge is 0.478 e. The summed E-state index contributed by atoms with van der Waals surface area (Å²) in [6, 6.07) is 2.26. The SMILES string of the molecule is CCOc1cc(C)nc(OC2CCCC2N)n1. The number of nitrogens with two attached hydrogens (primary N) is 1. The molecular formula is C12H19N3O2. The fourth-order valence-electron chi connectivity index (χ4n) is 2.02. The molecule has 2 atom stereocenters. The van der Waals surface area contributed by atoms with Crippen molar-refractivity contribution in [3.05, 3.63) is 11.8 Å². The standard InChI is InChI=1S/C12H19N3O2/c1-3-16-11-7-8(2)14-12(15-11)17-10-6-4-5-9(10)13/h7,9-10H,3-6,13H2,1-2H3. The molecule has 2 N–H and O–H groups in total. The maximum atomic E-state index is 5.95. The summed E-state index contributed by atoms with van der Waals surface area (Å²) in [6.45, 7) is 4.40. The summed E-state index contributed by atoms with van der Waals surface area (Å²) in [5.41, 5.74) is 6.79. The van der Waals surface area contributed by atoms with Gasteiger partial charge in [-0.05, 0) is 33.1 Å². The van der Waals surface area contributed by atoms with Gasteiger partial charge in [0.1, 0.15) is 6.10 Å². The molecule has 1 aromatic heterocycles. The first-order valence-electron chi connectivity index (χ1n) is 6.09. The molecule has 1 fully saturated rings. The van der Waals surface area contributed by atoms with Gasteiger partial charge in [-0.2, -0.15) is 4.98 Å². The zero-order valence-corrected chi connectivity index (χ0v) is 10.3. The predicted molar refractivity (Wildman–Crippen MR) is 64.2 cm³/mol. The number of hydrogen-bond donors (Lipinski definition) is 1. The van der Waals surface area contributed by atoms with Gasteiger partial charge in [-0.15, -0.1) is 0 Å². The lowest BCUT2D eigenvalue weighted by atomic mass is 10.2. The van der Waals surface area contributed by atoms with Crippen molar-refractivity contribution < 1.29 is 9.47 Å². The van der Waals surface area contributed by atoms with Crippen LogP contribution in [0.3, 0.4) is 0 Å². The topological polar surface area (TPSA) is 70.3 Å². The Bertz CT molecular complexity index is 384. The summed E-state index contributed by atoms with van der Waals surface area (Å²) in [5.74, 6) is 0.557. The molecule has 1 aromatic rings. The molecule has 5 heteroatoms. The molecule has 0 spiro atoms. The Morgan fingerprint density at radius 2 is 2.24 bits per heavy atom. The fraction of sp³-hybridized carbons (Fsp3) is 0.667. The zero-order valence-electron chi connectivity index (χ0n) is 10.3. The Kier molecular flexibility index (Phi) is 3.78. The highest BCUT2D eigenvalue weighted by molar-refractivity contribution is 5.17. The van der Waals surface area contributed by atoms with E-state index in [1.165, 1.54) is 0 Å². The highest BCUT2D eigenvalue weighted by Gasteiger charge is 2.26. The van der Waals surface area contributed by atoms with Crippen molar-refractivity contribution in [3.63, 3.8) is 0 Å². The molecule has 2 rings (SSSR count). The molecule has 0 saturated heterocycles. The summed E-state index contributed by atoms with van der Waals surface area (Å²) in [6.07, 6.45) is 3.12. The quantitative estimate of drug-likeness (QED) is 0.858. The third-order valence-electron chi connectivity index (χ3n) is 2.86. The van der Waals surface area contributed by atoms with Crippen molar-refractivity contribution in [1.82, 2.24) is 9.97 Å². The van der Waals surface area contributed by atoms with E-state index >= 15 is 0 Å². The van der Waals surface area contributed by atoms with Crippen molar-refractivity contribution in [1.29, 1.82) is 0 Å². The van der Waals surface area contributed by atoms with E-state index in [0.29, 0.717) is 18.5 Å². The zero-order chi connectivity index (χ0) is 12.3. The normalized spacial score (nSPS) is 23.7. The lowest BCUT2D eigenvalue weighted by Crippen LogP contribution is -2.34. The van der Waals surface area contributed by atoms with E-state index in [9.17, 15) is 0 Å². The molecule has 1 aliphatic rings. The van der Waals surface area contributed by atoms with E-state index in [1.54, 1.807) is 6.07 Å². The molecule has 0 radical (unpaired) electrons. The van der Waals surface area contributed by atoms with Crippen LogP contribution in [-0.4, -0.2) is 28.7 Å². The molecular weight excluding hydrogens is 218 g/mol. The molecule has 0 amide bonds. The van der Waals surface area contributed by atoms with Crippen LogP contribution in [0.15, 0.2) is 6.07 Å². The van der Waals surface area contributed by atoms with Gasteiger partial charge in [0.2, 0.25) is 5.88 Å². The third-order valence-corrected chi connectivity index (χ3v) is 2.86. The lowest BCUT2D eigenvalue weighted by Gasteiger charge is -2.16. The lowest BCUT2D eigenvalue weighted by molar-refractivity contribution is 0.172. The average Bonchev–Trinajstić information content (AvgIpc) is 2.64. The van der Waals surface area contributed by atoms with E-state index < -0.39 is 0 Å². The first-order chi connectivity index (χ1) is 8.19. The van der Waals surface area contributed by atoms with Crippen LogP contribution in [0.4, 0.5) is 0 Å². The van der Waals surface area contributed by atoms with Crippen LogP contribution in [0.5, 0.6) is 11.9 Å². The molecule has 2 unspecified atom stereocenters. The number of aryl methyl sites for hydroxylation is 1. The van der Waals surface area contributed by atoms with Crippen molar-refractivity contribution in [2.75, 3.05) is 6.61 Å². The highest BCUT2D eigenvalue weighted by Crippen LogP contribution is 2.22. The minimum absolute atomic E-state index is 0.0336. The van der Waals surface area contributed by atoms with Gasteiger partial charge >= 0.3 is 6.01 Å².